The normalized spacial score (nSPS) is 10.3. The average molecular weight is 289 g/mol. The molecule has 0 aliphatic heterocycles. The summed E-state index contributed by atoms with van der Waals surface area (Å²) in [7, 11) is 0. The van der Waals surface area contributed by atoms with Crippen LogP contribution in [0, 0.1) is 6.92 Å². The van der Waals surface area contributed by atoms with Gasteiger partial charge in [-0.25, -0.2) is 0 Å². The molecule has 4 nitrogen and oxygen atoms in total. The third-order valence-electron chi connectivity index (χ3n) is 3.13. The van der Waals surface area contributed by atoms with Crippen LogP contribution >= 0.6 is 11.3 Å². The van der Waals surface area contributed by atoms with E-state index in [2.05, 4.69) is 29.8 Å². The number of hydrazine groups is 1. The van der Waals surface area contributed by atoms with Crippen LogP contribution in [0.5, 0.6) is 0 Å². The van der Waals surface area contributed by atoms with Gasteiger partial charge >= 0.3 is 0 Å². The summed E-state index contributed by atoms with van der Waals surface area (Å²) in [5.74, 6) is 5.31. The van der Waals surface area contributed by atoms with Crippen LogP contribution in [-0.2, 0) is 13.0 Å². The first-order valence-corrected chi connectivity index (χ1v) is 7.38. The predicted molar refractivity (Wildman–Crippen MR) is 83.9 cm³/mol. The summed E-state index contributed by atoms with van der Waals surface area (Å²) in [6.07, 6.45) is 1.03. The van der Waals surface area contributed by atoms with Gasteiger partial charge in [-0.1, -0.05) is 6.92 Å². The molecule has 1 aromatic heterocycles. The summed E-state index contributed by atoms with van der Waals surface area (Å²) >= 11 is 1.74. The van der Waals surface area contributed by atoms with Gasteiger partial charge in [0, 0.05) is 15.3 Å². The number of anilines is 1. The van der Waals surface area contributed by atoms with E-state index in [9.17, 15) is 4.79 Å². The number of thiophene rings is 1. The lowest BCUT2D eigenvalue weighted by molar-refractivity contribution is 0.0951. The third kappa shape index (κ3) is 3.37. The van der Waals surface area contributed by atoms with E-state index in [4.69, 9.17) is 5.84 Å². The van der Waals surface area contributed by atoms with Crippen LogP contribution in [0.2, 0.25) is 0 Å². The van der Waals surface area contributed by atoms with Crippen LogP contribution in [0.4, 0.5) is 5.69 Å². The second-order valence-electron chi connectivity index (χ2n) is 4.58. The number of carbonyl (C=O) groups excluding carboxylic acids is 1. The maximum Gasteiger partial charge on any atom is 0.251 e. The first kappa shape index (κ1) is 14.6. The Morgan fingerprint density at radius 2 is 2.00 bits per heavy atom. The highest BCUT2D eigenvalue weighted by Gasteiger charge is 2.08. The van der Waals surface area contributed by atoms with Crippen LogP contribution in [0.1, 0.15) is 32.6 Å². The SMILES string of the molecule is CCc1ccc(CNC(=O)c2ccc(NN)c(C)c2)s1. The highest BCUT2D eigenvalue weighted by atomic mass is 32.1. The molecule has 0 saturated carbocycles. The largest absolute Gasteiger partial charge is 0.347 e. The number of hydrogen-bond acceptors (Lipinski definition) is 4. The first-order chi connectivity index (χ1) is 9.63. The van der Waals surface area contributed by atoms with E-state index in [-0.39, 0.29) is 5.91 Å². The van der Waals surface area contributed by atoms with E-state index in [1.807, 2.05) is 19.1 Å². The molecule has 0 radical (unpaired) electrons. The lowest BCUT2D eigenvalue weighted by atomic mass is 10.1. The molecule has 4 N–H and O–H groups in total. The molecule has 1 aromatic carbocycles. The van der Waals surface area contributed by atoms with Crippen LogP contribution < -0.4 is 16.6 Å². The number of aryl methyl sites for hydroxylation is 2. The number of benzene rings is 1. The quantitative estimate of drug-likeness (QED) is 0.585. The molecule has 106 valence electrons. The lowest BCUT2D eigenvalue weighted by Gasteiger charge is -2.08. The summed E-state index contributed by atoms with van der Waals surface area (Å²) < 4.78 is 0. The van der Waals surface area contributed by atoms with E-state index in [1.54, 1.807) is 17.4 Å². The van der Waals surface area contributed by atoms with E-state index >= 15 is 0 Å². The van der Waals surface area contributed by atoms with Gasteiger partial charge in [-0.05, 0) is 49.2 Å². The zero-order valence-corrected chi connectivity index (χ0v) is 12.5. The van der Waals surface area contributed by atoms with Gasteiger partial charge in [-0.2, -0.15) is 0 Å². The highest BCUT2D eigenvalue weighted by Crippen LogP contribution is 2.18. The molecule has 2 rings (SSSR count). The number of carbonyl (C=O) groups is 1. The zero-order chi connectivity index (χ0) is 14.5. The van der Waals surface area contributed by atoms with Crippen molar-refractivity contribution >= 4 is 22.9 Å². The second kappa shape index (κ2) is 6.54. The number of nitrogen functional groups attached to an aromatic ring is 1. The Hall–Kier alpha value is -1.85. The number of rotatable bonds is 5. The minimum absolute atomic E-state index is 0.0666. The van der Waals surface area contributed by atoms with Crippen LogP contribution in [0.25, 0.3) is 0 Å². The van der Waals surface area contributed by atoms with Crippen LogP contribution in [-0.4, -0.2) is 5.91 Å². The Kier molecular flexibility index (Phi) is 4.76. The van der Waals surface area contributed by atoms with E-state index in [0.717, 1.165) is 17.7 Å². The van der Waals surface area contributed by atoms with Gasteiger partial charge < -0.3 is 10.7 Å². The molecule has 0 saturated heterocycles. The highest BCUT2D eigenvalue weighted by molar-refractivity contribution is 7.11. The smallest absolute Gasteiger partial charge is 0.251 e. The molecule has 0 spiro atoms. The second-order valence-corrected chi connectivity index (χ2v) is 5.83. The summed E-state index contributed by atoms with van der Waals surface area (Å²) in [6.45, 7) is 4.61. The van der Waals surface area contributed by atoms with Gasteiger partial charge in [0.05, 0.1) is 12.2 Å². The van der Waals surface area contributed by atoms with Crippen LogP contribution in [0.15, 0.2) is 30.3 Å². The van der Waals surface area contributed by atoms with Gasteiger partial charge in [0.1, 0.15) is 0 Å². The predicted octanol–water partition coefficient (Wildman–Crippen LogP) is 2.83. The molecule has 1 amide bonds. The van der Waals surface area contributed by atoms with Crippen molar-refractivity contribution in [2.45, 2.75) is 26.8 Å². The fraction of sp³-hybridized carbons (Fsp3) is 0.267. The van der Waals surface area contributed by atoms with Gasteiger partial charge in [0.2, 0.25) is 0 Å². The fourth-order valence-corrected chi connectivity index (χ4v) is 2.84. The molecule has 0 aliphatic carbocycles. The summed E-state index contributed by atoms with van der Waals surface area (Å²) in [5.41, 5.74) is 5.02. The van der Waals surface area contributed by atoms with Gasteiger partial charge in [0.15, 0.2) is 0 Å². The van der Waals surface area contributed by atoms with Gasteiger partial charge in [0.25, 0.3) is 5.91 Å². The fourth-order valence-electron chi connectivity index (χ4n) is 1.94. The Balaban J connectivity index is 1.99. The van der Waals surface area contributed by atoms with E-state index < -0.39 is 0 Å². The van der Waals surface area contributed by atoms with Crippen molar-refractivity contribution in [3.05, 3.63) is 51.2 Å². The van der Waals surface area contributed by atoms with E-state index in [0.29, 0.717) is 12.1 Å². The molecule has 0 atom stereocenters. The molecule has 20 heavy (non-hydrogen) atoms. The monoisotopic (exact) mass is 289 g/mol. The van der Waals surface area contributed by atoms with Crippen molar-refractivity contribution < 1.29 is 4.79 Å². The molecule has 0 bridgehead atoms. The molecular formula is C15H19N3OS. The van der Waals surface area contributed by atoms with Gasteiger partial charge in [-0.3, -0.25) is 10.6 Å². The Bertz CT molecular complexity index is 607. The Morgan fingerprint density at radius 3 is 2.60 bits per heavy atom. The van der Waals surface area contributed by atoms with Crippen molar-refractivity contribution in [2.24, 2.45) is 5.84 Å². The molecule has 0 aliphatic rings. The number of nitrogens with one attached hydrogen (secondary N) is 2. The molecule has 5 heteroatoms. The standard InChI is InChI=1S/C15H19N3OS/c1-3-12-5-6-13(20-12)9-17-15(19)11-4-7-14(18-16)10(2)8-11/h4-8,18H,3,9,16H2,1-2H3,(H,17,19). The number of amides is 1. The maximum atomic E-state index is 12.1. The van der Waals surface area contributed by atoms with Crippen molar-refractivity contribution in [1.29, 1.82) is 0 Å². The minimum atomic E-state index is -0.0666. The lowest BCUT2D eigenvalue weighted by Crippen LogP contribution is -2.22. The van der Waals surface area contributed by atoms with Crippen molar-refractivity contribution in [3.63, 3.8) is 0 Å². The third-order valence-corrected chi connectivity index (χ3v) is 4.36. The van der Waals surface area contributed by atoms with Crippen LogP contribution in [0.3, 0.4) is 0 Å². The average Bonchev–Trinajstić information content (AvgIpc) is 2.92. The molecule has 1 heterocycles. The zero-order valence-electron chi connectivity index (χ0n) is 11.7. The topological polar surface area (TPSA) is 67.2 Å². The maximum absolute atomic E-state index is 12.1. The number of hydrogen-bond donors (Lipinski definition) is 3. The minimum Gasteiger partial charge on any atom is -0.347 e. The first-order valence-electron chi connectivity index (χ1n) is 6.57. The summed E-state index contributed by atoms with van der Waals surface area (Å²) in [4.78, 5) is 14.6. The molecule has 0 fully saturated rings. The molecule has 2 aromatic rings. The van der Waals surface area contributed by atoms with Crippen molar-refractivity contribution in [2.75, 3.05) is 5.43 Å². The molecule has 0 unspecified atom stereocenters. The van der Waals surface area contributed by atoms with Gasteiger partial charge in [-0.15, -0.1) is 11.3 Å². The van der Waals surface area contributed by atoms with Crippen molar-refractivity contribution in [3.8, 4) is 0 Å². The Morgan fingerprint density at radius 1 is 1.25 bits per heavy atom. The number of nitrogens with two attached hydrogens (primary N) is 1. The summed E-state index contributed by atoms with van der Waals surface area (Å²) in [6, 6.07) is 9.58. The summed E-state index contributed by atoms with van der Waals surface area (Å²) in [5, 5.41) is 2.94. The Labute approximate surface area is 123 Å². The van der Waals surface area contributed by atoms with Crippen molar-refractivity contribution in [1.82, 2.24) is 5.32 Å². The molecular weight excluding hydrogens is 270 g/mol. The van der Waals surface area contributed by atoms with E-state index in [1.165, 1.54) is 9.75 Å².